The molecule has 0 amide bonds. The molecule has 1 aliphatic heterocycles. The van der Waals surface area contributed by atoms with Gasteiger partial charge in [0, 0.05) is 35.6 Å². The first kappa shape index (κ1) is 9.68. The Kier molecular flexibility index (Phi) is 1.90. The second-order valence-corrected chi connectivity index (χ2v) is 5.34. The molecule has 2 aliphatic rings. The van der Waals surface area contributed by atoms with Gasteiger partial charge in [-0.2, -0.15) is 0 Å². The minimum Gasteiger partial charge on any atom is -0.361 e. The van der Waals surface area contributed by atoms with Crippen molar-refractivity contribution in [3.05, 3.63) is 35.5 Å². The van der Waals surface area contributed by atoms with E-state index in [0.717, 1.165) is 13.0 Å². The van der Waals surface area contributed by atoms with E-state index in [1.807, 2.05) is 0 Å². The Hall–Kier alpha value is -1.32. The first-order chi connectivity index (χ1) is 8.34. The zero-order valence-corrected chi connectivity index (χ0v) is 9.82. The molecule has 2 aromatic rings. The molecule has 1 aromatic heterocycles. The molecular formula is C14H17N3. The molecular weight excluding hydrogens is 210 g/mol. The first-order valence-corrected chi connectivity index (χ1v) is 6.45. The molecule has 3 nitrogen and oxygen atoms in total. The number of aromatic nitrogens is 1. The van der Waals surface area contributed by atoms with E-state index < -0.39 is 0 Å². The van der Waals surface area contributed by atoms with Crippen LogP contribution in [0.15, 0.2) is 24.4 Å². The number of H-pyrrole nitrogens is 1. The van der Waals surface area contributed by atoms with Crippen molar-refractivity contribution in [3.63, 3.8) is 0 Å². The monoisotopic (exact) mass is 227 g/mol. The van der Waals surface area contributed by atoms with Crippen molar-refractivity contribution in [1.29, 1.82) is 0 Å². The van der Waals surface area contributed by atoms with Gasteiger partial charge in [-0.25, -0.2) is 5.01 Å². The summed E-state index contributed by atoms with van der Waals surface area (Å²) in [7, 11) is 0. The van der Waals surface area contributed by atoms with Gasteiger partial charge < -0.3 is 4.98 Å². The van der Waals surface area contributed by atoms with Crippen LogP contribution >= 0.6 is 0 Å². The van der Waals surface area contributed by atoms with E-state index in [-0.39, 0.29) is 0 Å². The van der Waals surface area contributed by atoms with Crippen molar-refractivity contribution >= 4 is 10.9 Å². The number of aromatic amines is 1. The lowest BCUT2D eigenvalue weighted by Gasteiger charge is -2.41. The van der Waals surface area contributed by atoms with Gasteiger partial charge in [-0.15, -0.1) is 0 Å². The Morgan fingerprint density at radius 2 is 2.29 bits per heavy atom. The predicted octanol–water partition coefficient (Wildman–Crippen LogP) is 2.15. The van der Waals surface area contributed by atoms with Gasteiger partial charge in [0.05, 0.1) is 0 Å². The molecule has 17 heavy (non-hydrogen) atoms. The number of fused-ring (bicyclic) bond motifs is 2. The van der Waals surface area contributed by atoms with Crippen LogP contribution in [0.1, 0.15) is 29.9 Å². The van der Waals surface area contributed by atoms with Gasteiger partial charge in [0.25, 0.3) is 0 Å². The standard InChI is InChI=1S/C14H17N3/c15-17-6-2-4-10-11-3-1-5-12-14(11)9(8-16-12)7-13(10)17/h1,3,5,8,10,13,16H,2,4,6-7,15H2. The maximum atomic E-state index is 6.17. The zero-order chi connectivity index (χ0) is 11.4. The van der Waals surface area contributed by atoms with E-state index in [1.165, 1.54) is 34.9 Å². The lowest BCUT2D eigenvalue weighted by Crippen LogP contribution is -2.50. The Morgan fingerprint density at radius 3 is 3.24 bits per heavy atom. The van der Waals surface area contributed by atoms with E-state index >= 15 is 0 Å². The summed E-state index contributed by atoms with van der Waals surface area (Å²) in [6.07, 6.45) is 5.75. The Balaban J connectivity index is 1.95. The molecule has 0 bridgehead atoms. The molecule has 3 N–H and O–H groups in total. The molecule has 1 saturated heterocycles. The third kappa shape index (κ3) is 1.24. The van der Waals surface area contributed by atoms with Crippen LogP contribution in [-0.2, 0) is 6.42 Å². The molecule has 2 unspecified atom stereocenters. The van der Waals surface area contributed by atoms with Crippen molar-refractivity contribution < 1.29 is 0 Å². The largest absolute Gasteiger partial charge is 0.361 e. The smallest absolute Gasteiger partial charge is 0.0459 e. The highest BCUT2D eigenvalue weighted by atomic mass is 15.4. The van der Waals surface area contributed by atoms with E-state index in [1.54, 1.807) is 0 Å². The molecule has 4 rings (SSSR count). The quantitative estimate of drug-likeness (QED) is 0.677. The summed E-state index contributed by atoms with van der Waals surface area (Å²) < 4.78 is 0. The van der Waals surface area contributed by atoms with Gasteiger partial charge in [-0.3, -0.25) is 5.84 Å². The SMILES string of the molecule is NN1CCCC2c3cccc4[nH]cc(c34)CC21. The third-order valence-electron chi connectivity index (χ3n) is 4.47. The maximum Gasteiger partial charge on any atom is 0.0459 e. The topological polar surface area (TPSA) is 45.0 Å². The fraction of sp³-hybridized carbons (Fsp3) is 0.429. The van der Waals surface area contributed by atoms with E-state index in [2.05, 4.69) is 34.4 Å². The van der Waals surface area contributed by atoms with E-state index in [4.69, 9.17) is 5.84 Å². The fourth-order valence-corrected chi connectivity index (χ4v) is 3.69. The van der Waals surface area contributed by atoms with Crippen LogP contribution in [0.2, 0.25) is 0 Å². The van der Waals surface area contributed by atoms with E-state index in [0.29, 0.717) is 12.0 Å². The highest BCUT2D eigenvalue weighted by molar-refractivity contribution is 5.88. The second kappa shape index (κ2) is 3.34. The molecule has 3 heteroatoms. The number of benzene rings is 1. The molecule has 2 heterocycles. The highest BCUT2D eigenvalue weighted by Gasteiger charge is 2.36. The van der Waals surface area contributed by atoms with Gasteiger partial charge >= 0.3 is 0 Å². The lowest BCUT2D eigenvalue weighted by molar-refractivity contribution is 0.125. The minimum atomic E-state index is 0.498. The van der Waals surface area contributed by atoms with Crippen LogP contribution in [0.4, 0.5) is 0 Å². The number of hydrogen-bond acceptors (Lipinski definition) is 2. The maximum absolute atomic E-state index is 6.17. The van der Waals surface area contributed by atoms with Gasteiger partial charge in [-0.1, -0.05) is 12.1 Å². The second-order valence-electron chi connectivity index (χ2n) is 5.34. The average molecular weight is 227 g/mol. The molecule has 0 spiro atoms. The number of nitrogens with one attached hydrogen (secondary N) is 1. The van der Waals surface area contributed by atoms with Crippen molar-refractivity contribution in [2.24, 2.45) is 5.84 Å². The fourth-order valence-electron chi connectivity index (χ4n) is 3.69. The summed E-state index contributed by atoms with van der Waals surface area (Å²) in [5, 5.41) is 3.52. The number of nitrogens with zero attached hydrogens (tertiary/aromatic N) is 1. The normalized spacial score (nSPS) is 28.3. The summed E-state index contributed by atoms with van der Waals surface area (Å²) >= 11 is 0. The highest BCUT2D eigenvalue weighted by Crippen LogP contribution is 2.42. The number of hydrazine groups is 1. The predicted molar refractivity (Wildman–Crippen MR) is 68.7 cm³/mol. The summed E-state index contributed by atoms with van der Waals surface area (Å²) in [5.74, 6) is 6.79. The van der Waals surface area contributed by atoms with Crippen molar-refractivity contribution in [3.8, 4) is 0 Å². The summed E-state index contributed by atoms with van der Waals surface area (Å²) in [5.41, 5.74) is 4.23. The first-order valence-electron chi connectivity index (χ1n) is 6.45. The third-order valence-corrected chi connectivity index (χ3v) is 4.47. The van der Waals surface area contributed by atoms with Crippen molar-refractivity contribution in [2.45, 2.75) is 31.2 Å². The Morgan fingerprint density at radius 1 is 1.35 bits per heavy atom. The van der Waals surface area contributed by atoms with Crippen LogP contribution in [0.3, 0.4) is 0 Å². The summed E-state index contributed by atoms with van der Waals surface area (Å²) in [6.45, 7) is 1.04. The minimum absolute atomic E-state index is 0.498. The van der Waals surface area contributed by atoms with Gasteiger partial charge in [0.1, 0.15) is 0 Å². The Labute approximate surface area is 101 Å². The zero-order valence-electron chi connectivity index (χ0n) is 9.82. The average Bonchev–Trinajstić information content (AvgIpc) is 2.76. The summed E-state index contributed by atoms with van der Waals surface area (Å²) in [6, 6.07) is 7.12. The summed E-state index contributed by atoms with van der Waals surface area (Å²) in [4.78, 5) is 3.39. The van der Waals surface area contributed by atoms with Crippen LogP contribution in [0.25, 0.3) is 10.9 Å². The van der Waals surface area contributed by atoms with Gasteiger partial charge in [-0.05, 0) is 36.5 Å². The van der Waals surface area contributed by atoms with Gasteiger partial charge in [0.15, 0.2) is 0 Å². The van der Waals surface area contributed by atoms with Gasteiger partial charge in [0.2, 0.25) is 0 Å². The number of rotatable bonds is 0. The van der Waals surface area contributed by atoms with Crippen LogP contribution in [0.5, 0.6) is 0 Å². The molecule has 88 valence electrons. The molecule has 2 atom stereocenters. The molecule has 0 radical (unpaired) electrons. The molecule has 1 fully saturated rings. The van der Waals surface area contributed by atoms with Crippen molar-refractivity contribution in [1.82, 2.24) is 9.99 Å². The number of nitrogens with two attached hydrogens (primary N) is 1. The van der Waals surface area contributed by atoms with Crippen molar-refractivity contribution in [2.75, 3.05) is 6.54 Å². The number of hydrogen-bond donors (Lipinski definition) is 2. The molecule has 0 saturated carbocycles. The molecule has 1 aliphatic carbocycles. The Bertz CT molecular complexity index is 572. The molecule has 1 aromatic carbocycles. The van der Waals surface area contributed by atoms with Crippen LogP contribution in [0, 0.1) is 0 Å². The van der Waals surface area contributed by atoms with E-state index in [9.17, 15) is 0 Å². The van der Waals surface area contributed by atoms with Crippen LogP contribution in [-0.4, -0.2) is 22.6 Å². The van der Waals surface area contributed by atoms with Crippen LogP contribution < -0.4 is 5.84 Å². The number of piperidine rings is 1. The lowest BCUT2D eigenvalue weighted by atomic mass is 9.76.